The maximum atomic E-state index is 13.0. The fourth-order valence-corrected chi connectivity index (χ4v) is 3.89. The van der Waals surface area contributed by atoms with Crippen LogP contribution >= 0.6 is 0 Å². The lowest BCUT2D eigenvalue weighted by Crippen LogP contribution is -2.49. The Labute approximate surface area is 182 Å². The minimum Gasteiger partial charge on any atom is -0.493 e. The van der Waals surface area contributed by atoms with Gasteiger partial charge in [-0.1, -0.05) is 0 Å². The molecule has 2 aliphatic heterocycles. The summed E-state index contributed by atoms with van der Waals surface area (Å²) in [7, 11) is 3.15. The highest BCUT2D eigenvalue weighted by molar-refractivity contribution is 5.95. The number of methoxy groups -OCH3 is 2. The number of hydrogen-bond acceptors (Lipinski definition) is 8. The normalized spacial score (nSPS) is 16.9. The van der Waals surface area contributed by atoms with Crippen LogP contribution in [0.1, 0.15) is 16.1 Å². The van der Waals surface area contributed by atoms with E-state index in [4.69, 9.17) is 19.2 Å². The van der Waals surface area contributed by atoms with Crippen molar-refractivity contribution >= 4 is 17.7 Å². The number of morpholine rings is 1. The number of benzene rings is 1. The maximum absolute atomic E-state index is 13.0. The summed E-state index contributed by atoms with van der Waals surface area (Å²) < 4.78 is 16.0. The lowest BCUT2D eigenvalue weighted by atomic mass is 10.1. The Hall–Kier alpha value is -3.07. The first kappa shape index (κ1) is 21.2. The van der Waals surface area contributed by atoms with Crippen molar-refractivity contribution < 1.29 is 19.0 Å². The third kappa shape index (κ3) is 4.66. The molecule has 31 heavy (non-hydrogen) atoms. The summed E-state index contributed by atoms with van der Waals surface area (Å²) in [4.78, 5) is 28.7. The summed E-state index contributed by atoms with van der Waals surface area (Å²) in [6.45, 7) is 7.69. The van der Waals surface area contributed by atoms with E-state index in [1.165, 1.54) is 0 Å². The van der Waals surface area contributed by atoms with E-state index in [1.807, 2.05) is 17.9 Å². The number of amides is 1. The van der Waals surface area contributed by atoms with Gasteiger partial charge in [0.15, 0.2) is 11.5 Å². The molecule has 1 aromatic heterocycles. The topological polar surface area (TPSA) is 80.3 Å². The second-order valence-corrected chi connectivity index (χ2v) is 7.62. The molecule has 9 nitrogen and oxygen atoms in total. The Balaban J connectivity index is 1.43. The zero-order valence-corrected chi connectivity index (χ0v) is 18.3. The number of hydrogen-bond donors (Lipinski definition) is 0. The first-order valence-corrected chi connectivity index (χ1v) is 10.5. The molecule has 9 heteroatoms. The van der Waals surface area contributed by atoms with Gasteiger partial charge in [-0.2, -0.15) is 4.98 Å². The van der Waals surface area contributed by atoms with E-state index in [9.17, 15) is 4.79 Å². The molecule has 0 aliphatic carbocycles. The van der Waals surface area contributed by atoms with E-state index < -0.39 is 0 Å². The summed E-state index contributed by atoms with van der Waals surface area (Å²) >= 11 is 0. The van der Waals surface area contributed by atoms with Crippen molar-refractivity contribution in [3.8, 4) is 11.5 Å². The van der Waals surface area contributed by atoms with Crippen LogP contribution in [0.25, 0.3) is 0 Å². The highest BCUT2D eigenvalue weighted by atomic mass is 16.5. The molecular formula is C22H29N5O4. The van der Waals surface area contributed by atoms with E-state index in [0.717, 1.165) is 43.8 Å². The quantitative estimate of drug-likeness (QED) is 0.712. The molecule has 0 radical (unpaired) electrons. The predicted octanol–water partition coefficient (Wildman–Crippen LogP) is 1.60. The standard InChI is InChI=1S/C22H29N5O4/c1-16-14-20(25-10-12-31-13-11-25)24-22(23-16)27-8-6-26(7-9-27)21(28)17-4-5-18(29-2)19(15-17)30-3/h4-5,14-15H,6-13H2,1-3H3. The monoisotopic (exact) mass is 427 g/mol. The van der Waals surface area contributed by atoms with Gasteiger partial charge in [-0.05, 0) is 25.1 Å². The number of carbonyl (C=O) groups excluding carboxylic acids is 1. The van der Waals surface area contributed by atoms with Crippen LogP contribution < -0.4 is 19.3 Å². The Kier molecular flexibility index (Phi) is 6.41. The van der Waals surface area contributed by atoms with Crippen molar-refractivity contribution in [2.45, 2.75) is 6.92 Å². The molecule has 2 aliphatic rings. The summed E-state index contributed by atoms with van der Waals surface area (Å²) in [6, 6.07) is 7.28. The summed E-state index contributed by atoms with van der Waals surface area (Å²) in [5.41, 5.74) is 1.53. The molecule has 4 rings (SSSR count). The number of ether oxygens (including phenoxy) is 3. The van der Waals surface area contributed by atoms with Gasteiger partial charge in [0.25, 0.3) is 5.91 Å². The van der Waals surface area contributed by atoms with E-state index in [1.54, 1.807) is 32.4 Å². The molecule has 0 bridgehead atoms. The predicted molar refractivity (Wildman–Crippen MR) is 117 cm³/mol. The van der Waals surface area contributed by atoms with Crippen LogP contribution in [0, 0.1) is 6.92 Å². The van der Waals surface area contributed by atoms with Crippen molar-refractivity contribution in [3.63, 3.8) is 0 Å². The number of carbonyl (C=O) groups is 1. The van der Waals surface area contributed by atoms with Crippen molar-refractivity contribution in [3.05, 3.63) is 35.5 Å². The first-order chi connectivity index (χ1) is 15.1. The first-order valence-electron chi connectivity index (χ1n) is 10.5. The average Bonchev–Trinajstić information content (AvgIpc) is 2.83. The Morgan fingerprint density at radius 3 is 2.29 bits per heavy atom. The van der Waals surface area contributed by atoms with Gasteiger partial charge >= 0.3 is 0 Å². The largest absolute Gasteiger partial charge is 0.493 e. The second-order valence-electron chi connectivity index (χ2n) is 7.62. The SMILES string of the molecule is COc1ccc(C(=O)N2CCN(c3nc(C)cc(N4CCOCC4)n3)CC2)cc1OC. The van der Waals surface area contributed by atoms with Gasteiger partial charge in [-0.25, -0.2) is 4.98 Å². The molecule has 0 spiro atoms. The van der Waals surface area contributed by atoms with Crippen molar-refractivity contribution in [2.75, 3.05) is 76.5 Å². The Bertz CT molecular complexity index is 924. The van der Waals surface area contributed by atoms with Gasteiger partial charge < -0.3 is 28.9 Å². The Morgan fingerprint density at radius 1 is 0.903 bits per heavy atom. The van der Waals surface area contributed by atoms with Crippen LogP contribution in [0.2, 0.25) is 0 Å². The van der Waals surface area contributed by atoms with Gasteiger partial charge in [0, 0.05) is 56.6 Å². The Morgan fingerprint density at radius 2 is 1.61 bits per heavy atom. The van der Waals surface area contributed by atoms with Crippen molar-refractivity contribution in [1.29, 1.82) is 0 Å². The maximum Gasteiger partial charge on any atom is 0.254 e. The van der Waals surface area contributed by atoms with E-state index in [0.29, 0.717) is 43.2 Å². The van der Waals surface area contributed by atoms with Gasteiger partial charge in [0.2, 0.25) is 5.95 Å². The highest BCUT2D eigenvalue weighted by Gasteiger charge is 2.25. The number of piperazine rings is 1. The minimum absolute atomic E-state index is 0.0141. The second kappa shape index (κ2) is 9.38. The van der Waals surface area contributed by atoms with Gasteiger partial charge in [0.1, 0.15) is 5.82 Å². The molecule has 2 aromatic rings. The minimum atomic E-state index is -0.0141. The number of aryl methyl sites for hydroxylation is 1. The molecule has 1 aromatic carbocycles. The van der Waals surface area contributed by atoms with Gasteiger partial charge in [-0.15, -0.1) is 0 Å². The van der Waals surface area contributed by atoms with Crippen molar-refractivity contribution in [1.82, 2.24) is 14.9 Å². The van der Waals surface area contributed by atoms with Crippen LogP contribution in [0.3, 0.4) is 0 Å². The number of rotatable bonds is 5. The van der Waals surface area contributed by atoms with Crippen LogP contribution in [-0.2, 0) is 4.74 Å². The van der Waals surface area contributed by atoms with Crippen LogP contribution in [0.5, 0.6) is 11.5 Å². The molecule has 0 saturated carbocycles. The van der Waals surface area contributed by atoms with E-state index in [-0.39, 0.29) is 5.91 Å². The van der Waals surface area contributed by atoms with Crippen LogP contribution in [-0.4, -0.2) is 87.5 Å². The zero-order chi connectivity index (χ0) is 21.8. The fraction of sp³-hybridized carbons (Fsp3) is 0.500. The van der Waals surface area contributed by atoms with Gasteiger partial charge in [-0.3, -0.25) is 4.79 Å². The number of anilines is 2. The third-order valence-electron chi connectivity index (χ3n) is 5.64. The van der Waals surface area contributed by atoms with E-state index >= 15 is 0 Å². The molecule has 0 unspecified atom stereocenters. The highest BCUT2D eigenvalue weighted by Crippen LogP contribution is 2.28. The molecule has 166 valence electrons. The lowest BCUT2D eigenvalue weighted by Gasteiger charge is -2.35. The smallest absolute Gasteiger partial charge is 0.254 e. The summed E-state index contributed by atoms with van der Waals surface area (Å²) in [5.74, 6) is 2.81. The lowest BCUT2D eigenvalue weighted by molar-refractivity contribution is 0.0745. The summed E-state index contributed by atoms with van der Waals surface area (Å²) in [5, 5.41) is 0. The van der Waals surface area contributed by atoms with Crippen LogP contribution in [0.4, 0.5) is 11.8 Å². The molecular weight excluding hydrogens is 398 g/mol. The zero-order valence-electron chi connectivity index (χ0n) is 18.3. The molecule has 1 amide bonds. The van der Waals surface area contributed by atoms with Crippen LogP contribution in [0.15, 0.2) is 24.3 Å². The van der Waals surface area contributed by atoms with Crippen molar-refractivity contribution in [2.24, 2.45) is 0 Å². The number of aromatic nitrogens is 2. The molecule has 2 fully saturated rings. The van der Waals surface area contributed by atoms with Gasteiger partial charge in [0.05, 0.1) is 27.4 Å². The molecule has 3 heterocycles. The molecule has 0 atom stereocenters. The molecule has 0 N–H and O–H groups in total. The number of nitrogens with zero attached hydrogens (tertiary/aromatic N) is 5. The average molecular weight is 428 g/mol. The fourth-order valence-electron chi connectivity index (χ4n) is 3.89. The molecule has 2 saturated heterocycles. The van der Waals surface area contributed by atoms with E-state index in [2.05, 4.69) is 14.8 Å². The third-order valence-corrected chi connectivity index (χ3v) is 5.64. The summed E-state index contributed by atoms with van der Waals surface area (Å²) in [6.07, 6.45) is 0.